The van der Waals surface area contributed by atoms with E-state index < -0.39 is 27.9 Å². The van der Waals surface area contributed by atoms with Crippen LogP contribution in [0.25, 0.3) is 0 Å². The van der Waals surface area contributed by atoms with Gasteiger partial charge in [-0.2, -0.15) is 17.0 Å². The number of nitrogens with zero attached hydrogens (tertiary/aromatic N) is 2. The number of amides is 1. The maximum Gasteiger partial charge on any atom is 0.282 e. The van der Waals surface area contributed by atoms with Crippen molar-refractivity contribution in [2.24, 2.45) is 5.92 Å². The van der Waals surface area contributed by atoms with E-state index in [1.807, 2.05) is 34.6 Å². The normalized spacial score (nSPS) is 17.0. The van der Waals surface area contributed by atoms with Crippen molar-refractivity contribution >= 4 is 16.1 Å². The van der Waals surface area contributed by atoms with E-state index in [0.717, 1.165) is 4.31 Å². The molecule has 1 amide bonds. The topological polar surface area (TPSA) is 90.0 Å². The molecule has 0 rings (SSSR count). The van der Waals surface area contributed by atoms with Crippen LogP contribution in [-0.4, -0.2) is 66.4 Å². The Morgan fingerprint density at radius 1 is 1.21 bits per heavy atom. The number of hydrogen-bond acceptors (Lipinski definition) is 4. The fourth-order valence-corrected chi connectivity index (χ4v) is 3.42. The van der Waals surface area contributed by atoms with Gasteiger partial charge in [-0.05, 0) is 33.6 Å². The molecule has 0 fully saturated rings. The van der Waals surface area contributed by atoms with Crippen molar-refractivity contribution in [3.05, 3.63) is 0 Å². The van der Waals surface area contributed by atoms with Gasteiger partial charge in [0, 0.05) is 32.1 Å². The molecule has 0 aromatic heterocycles. The van der Waals surface area contributed by atoms with Gasteiger partial charge in [-0.15, -0.1) is 0 Å². The number of nitrogens with one attached hydrogen (secondary N) is 1. The quantitative estimate of drug-likeness (QED) is 0.609. The van der Waals surface area contributed by atoms with Gasteiger partial charge < -0.3 is 10.4 Å². The molecule has 0 aliphatic carbocycles. The average Bonchev–Trinajstić information content (AvgIpc) is 2.52. The first kappa shape index (κ1) is 23.3. The molecule has 0 aliphatic rings. The van der Waals surface area contributed by atoms with E-state index in [4.69, 9.17) is 0 Å². The van der Waals surface area contributed by atoms with Crippen molar-refractivity contribution in [1.29, 1.82) is 0 Å². The Morgan fingerprint density at radius 3 is 2.12 bits per heavy atom. The lowest BCUT2D eigenvalue weighted by Crippen LogP contribution is -2.53. The zero-order valence-corrected chi connectivity index (χ0v) is 17.1. The number of rotatable bonds is 10. The van der Waals surface area contributed by atoms with E-state index in [2.05, 4.69) is 5.32 Å². The number of likely N-dealkylation sites (N-methyl/N-ethyl adjacent to an activating group) is 1. The van der Waals surface area contributed by atoms with E-state index >= 15 is 0 Å². The zero-order chi connectivity index (χ0) is 19.3. The summed E-state index contributed by atoms with van der Waals surface area (Å²) < 4.78 is 27.7. The molecule has 8 heteroatoms. The molecule has 0 bridgehead atoms. The monoisotopic (exact) mass is 365 g/mol. The molecular weight excluding hydrogens is 330 g/mol. The summed E-state index contributed by atoms with van der Waals surface area (Å²) in [5, 5.41) is 13.0. The molecule has 0 saturated carbocycles. The Kier molecular flexibility index (Phi) is 8.86. The number of aliphatic hydroxyl groups excluding tert-OH is 1. The average molecular weight is 366 g/mol. The second kappa shape index (κ2) is 9.12. The van der Waals surface area contributed by atoms with Crippen molar-refractivity contribution in [3.8, 4) is 0 Å². The predicted molar refractivity (Wildman–Crippen MR) is 96.7 cm³/mol. The highest BCUT2D eigenvalue weighted by Gasteiger charge is 2.35. The number of carbonyl (C=O) groups excluding carboxylic acids is 1. The molecule has 0 radical (unpaired) electrons. The zero-order valence-electron chi connectivity index (χ0n) is 16.3. The minimum absolute atomic E-state index is 0.0889. The lowest BCUT2D eigenvalue weighted by molar-refractivity contribution is -0.126. The summed E-state index contributed by atoms with van der Waals surface area (Å²) in [6.07, 6.45) is 0.385. The van der Waals surface area contributed by atoms with Crippen molar-refractivity contribution in [1.82, 2.24) is 13.9 Å². The minimum Gasteiger partial charge on any atom is -0.390 e. The maximum atomic E-state index is 12.6. The number of carbonyl (C=O) groups is 1. The lowest BCUT2D eigenvalue weighted by Gasteiger charge is -2.37. The third kappa shape index (κ3) is 5.98. The van der Waals surface area contributed by atoms with Gasteiger partial charge in [-0.3, -0.25) is 4.79 Å². The Bertz CT molecular complexity index is 507. The first-order valence-electron chi connectivity index (χ1n) is 8.49. The number of aliphatic hydroxyl groups is 1. The van der Waals surface area contributed by atoms with Gasteiger partial charge in [0.25, 0.3) is 10.2 Å². The van der Waals surface area contributed by atoms with Gasteiger partial charge in [-0.1, -0.05) is 20.8 Å². The molecule has 24 heavy (non-hydrogen) atoms. The first-order valence-corrected chi connectivity index (χ1v) is 9.89. The molecule has 2 N–H and O–H groups in total. The molecule has 0 aliphatic heterocycles. The fourth-order valence-electron chi connectivity index (χ4n) is 1.91. The van der Waals surface area contributed by atoms with Crippen LogP contribution in [0.3, 0.4) is 0 Å². The van der Waals surface area contributed by atoms with Crippen LogP contribution in [0.2, 0.25) is 0 Å². The minimum atomic E-state index is -3.69. The van der Waals surface area contributed by atoms with Crippen molar-refractivity contribution < 1.29 is 18.3 Å². The largest absolute Gasteiger partial charge is 0.390 e. The van der Waals surface area contributed by atoms with E-state index in [1.54, 1.807) is 6.92 Å². The molecule has 0 aromatic rings. The van der Waals surface area contributed by atoms with Crippen LogP contribution in [-0.2, 0) is 15.0 Å². The lowest BCUT2D eigenvalue weighted by atomic mass is 10.0. The van der Waals surface area contributed by atoms with Crippen LogP contribution in [0.1, 0.15) is 54.4 Å². The standard InChI is InChI=1S/C16H35N3O4S/c1-9-12(3)15(21)17-13(4)14(20)11-18(7)24(22,23)19(8)16(5,6)10-2/h12-14,20H,9-11H2,1-8H3,(H,17,21). The van der Waals surface area contributed by atoms with E-state index in [-0.39, 0.29) is 18.4 Å². The summed E-state index contributed by atoms with van der Waals surface area (Å²) >= 11 is 0. The summed E-state index contributed by atoms with van der Waals surface area (Å²) in [4.78, 5) is 11.9. The van der Waals surface area contributed by atoms with Crippen molar-refractivity contribution in [2.45, 2.75) is 72.1 Å². The van der Waals surface area contributed by atoms with Gasteiger partial charge in [0.2, 0.25) is 5.91 Å². The van der Waals surface area contributed by atoms with Crippen LogP contribution in [0, 0.1) is 5.92 Å². The Hall–Kier alpha value is -0.700. The second-order valence-electron chi connectivity index (χ2n) is 7.10. The summed E-state index contributed by atoms with van der Waals surface area (Å²) in [7, 11) is -0.721. The van der Waals surface area contributed by atoms with E-state index in [1.165, 1.54) is 18.4 Å². The molecule has 0 heterocycles. The Morgan fingerprint density at radius 2 is 1.71 bits per heavy atom. The number of hydrogen-bond donors (Lipinski definition) is 2. The molecule has 0 spiro atoms. The van der Waals surface area contributed by atoms with Crippen molar-refractivity contribution in [3.63, 3.8) is 0 Å². The van der Waals surface area contributed by atoms with Gasteiger partial charge >= 0.3 is 0 Å². The summed E-state index contributed by atoms with van der Waals surface area (Å²) in [5.41, 5.74) is -0.519. The van der Waals surface area contributed by atoms with Gasteiger partial charge in [0.05, 0.1) is 12.1 Å². The molecule has 3 atom stereocenters. The summed E-state index contributed by atoms with van der Waals surface area (Å²) in [5.74, 6) is -0.281. The summed E-state index contributed by atoms with van der Waals surface area (Å²) in [6, 6.07) is -0.534. The molecule has 144 valence electrons. The SMILES string of the molecule is CCC(C)C(=O)NC(C)C(O)CN(C)S(=O)(=O)N(C)C(C)(C)CC. The van der Waals surface area contributed by atoms with Crippen LogP contribution in [0.5, 0.6) is 0 Å². The van der Waals surface area contributed by atoms with Crippen LogP contribution in [0.15, 0.2) is 0 Å². The van der Waals surface area contributed by atoms with Crippen LogP contribution in [0.4, 0.5) is 0 Å². The van der Waals surface area contributed by atoms with Crippen molar-refractivity contribution in [2.75, 3.05) is 20.6 Å². The third-order valence-corrected chi connectivity index (χ3v) is 7.03. The highest BCUT2D eigenvalue weighted by Crippen LogP contribution is 2.22. The second-order valence-corrected chi connectivity index (χ2v) is 9.16. The predicted octanol–water partition coefficient (Wildman–Crippen LogP) is 1.20. The fraction of sp³-hybridized carbons (Fsp3) is 0.938. The van der Waals surface area contributed by atoms with Crippen LogP contribution < -0.4 is 5.32 Å². The van der Waals surface area contributed by atoms with Gasteiger partial charge in [0.1, 0.15) is 0 Å². The smallest absolute Gasteiger partial charge is 0.282 e. The summed E-state index contributed by atoms with van der Waals surface area (Å²) in [6.45, 7) is 10.9. The van der Waals surface area contributed by atoms with E-state index in [9.17, 15) is 18.3 Å². The van der Waals surface area contributed by atoms with E-state index in [0.29, 0.717) is 12.8 Å². The van der Waals surface area contributed by atoms with Gasteiger partial charge in [0.15, 0.2) is 0 Å². The van der Waals surface area contributed by atoms with Gasteiger partial charge in [-0.25, -0.2) is 0 Å². The maximum absolute atomic E-state index is 12.6. The molecule has 0 aromatic carbocycles. The molecule has 0 saturated heterocycles. The molecule has 7 nitrogen and oxygen atoms in total. The highest BCUT2D eigenvalue weighted by molar-refractivity contribution is 7.86. The Labute approximate surface area is 147 Å². The first-order chi connectivity index (χ1) is 10.8. The Balaban J connectivity index is 4.91. The highest BCUT2D eigenvalue weighted by atomic mass is 32.2. The third-order valence-electron chi connectivity index (χ3n) is 4.91. The molecular formula is C16H35N3O4S. The molecule has 3 unspecified atom stereocenters. The van der Waals surface area contributed by atoms with Crippen LogP contribution >= 0.6 is 0 Å².